The van der Waals surface area contributed by atoms with E-state index in [1.165, 1.54) is 0 Å². The van der Waals surface area contributed by atoms with E-state index in [-0.39, 0.29) is 18.2 Å². The molecule has 0 aliphatic heterocycles. The highest BCUT2D eigenvalue weighted by atomic mass is 16.4. The Morgan fingerprint density at radius 3 is 2.57 bits per heavy atom. The Hall–Kier alpha value is -2.82. The Bertz CT molecular complexity index is 663. The predicted octanol–water partition coefficient (Wildman–Crippen LogP) is 2.27. The number of amidine groups is 1. The van der Waals surface area contributed by atoms with E-state index in [0.717, 1.165) is 16.8 Å². The van der Waals surface area contributed by atoms with Crippen molar-refractivity contribution >= 4 is 17.4 Å². The van der Waals surface area contributed by atoms with Gasteiger partial charge in [-0.05, 0) is 30.2 Å². The van der Waals surface area contributed by atoms with Crippen molar-refractivity contribution in [3.63, 3.8) is 0 Å². The molecule has 0 saturated carbocycles. The van der Waals surface area contributed by atoms with Gasteiger partial charge < -0.3 is 16.3 Å². The van der Waals surface area contributed by atoms with Gasteiger partial charge in [-0.3, -0.25) is 4.79 Å². The van der Waals surface area contributed by atoms with Gasteiger partial charge in [0.05, 0.1) is 6.42 Å². The Balaban J connectivity index is 2.00. The lowest BCUT2D eigenvalue weighted by Crippen LogP contribution is -2.15. The number of anilines is 1. The summed E-state index contributed by atoms with van der Waals surface area (Å²) in [6, 6.07) is 14.6. The summed E-state index contributed by atoms with van der Waals surface area (Å²) in [7, 11) is 0. The summed E-state index contributed by atoms with van der Waals surface area (Å²) in [6.45, 7) is 1.97. The average Bonchev–Trinajstić information content (AvgIpc) is 2.47. The molecule has 0 aromatic heterocycles. The van der Waals surface area contributed by atoms with Gasteiger partial charge in [0.15, 0.2) is 5.84 Å². The van der Waals surface area contributed by atoms with Gasteiger partial charge in [-0.1, -0.05) is 41.6 Å². The van der Waals surface area contributed by atoms with Crippen molar-refractivity contribution in [3.8, 4) is 0 Å². The monoisotopic (exact) mass is 283 g/mol. The maximum Gasteiger partial charge on any atom is 0.228 e. The van der Waals surface area contributed by atoms with E-state index in [0.29, 0.717) is 5.56 Å². The molecular weight excluding hydrogens is 266 g/mol. The maximum atomic E-state index is 12.0. The molecule has 0 atom stereocenters. The summed E-state index contributed by atoms with van der Waals surface area (Å²) in [5, 5.41) is 14.4. The number of aryl methyl sites for hydroxylation is 1. The molecule has 0 aliphatic rings. The number of nitrogens with two attached hydrogens (primary N) is 1. The first kappa shape index (κ1) is 14.6. The van der Waals surface area contributed by atoms with Crippen LogP contribution < -0.4 is 11.1 Å². The summed E-state index contributed by atoms with van der Waals surface area (Å²) < 4.78 is 0. The minimum Gasteiger partial charge on any atom is -0.409 e. The highest BCUT2D eigenvalue weighted by molar-refractivity contribution is 5.97. The highest BCUT2D eigenvalue weighted by Gasteiger charge is 2.05. The Kier molecular flexibility index (Phi) is 4.56. The molecule has 4 N–H and O–H groups in total. The van der Waals surface area contributed by atoms with Crippen LogP contribution in [0, 0.1) is 6.92 Å². The van der Waals surface area contributed by atoms with Gasteiger partial charge in [0.1, 0.15) is 0 Å². The molecular formula is C16H17N3O2. The predicted molar refractivity (Wildman–Crippen MR) is 82.5 cm³/mol. The summed E-state index contributed by atoms with van der Waals surface area (Å²) >= 11 is 0. The second-order valence-corrected chi connectivity index (χ2v) is 4.78. The van der Waals surface area contributed by atoms with Crippen molar-refractivity contribution in [3.05, 3.63) is 65.2 Å². The van der Waals surface area contributed by atoms with Crippen molar-refractivity contribution in [2.75, 3.05) is 5.32 Å². The standard InChI is InChI=1S/C16H17N3O2/c1-11-3-2-4-14(9-11)18-15(20)10-12-5-7-13(8-6-12)16(17)19-21/h2-9,21H,10H2,1H3,(H2,17,19)(H,18,20). The lowest BCUT2D eigenvalue weighted by atomic mass is 10.1. The molecule has 0 saturated heterocycles. The van der Waals surface area contributed by atoms with Crippen molar-refractivity contribution in [1.82, 2.24) is 0 Å². The van der Waals surface area contributed by atoms with Crippen LogP contribution in [0.25, 0.3) is 0 Å². The summed E-state index contributed by atoms with van der Waals surface area (Å²) in [4.78, 5) is 12.0. The molecule has 21 heavy (non-hydrogen) atoms. The smallest absolute Gasteiger partial charge is 0.228 e. The average molecular weight is 283 g/mol. The van der Waals surface area contributed by atoms with E-state index < -0.39 is 0 Å². The van der Waals surface area contributed by atoms with E-state index in [4.69, 9.17) is 10.9 Å². The fourth-order valence-electron chi connectivity index (χ4n) is 1.96. The fourth-order valence-corrected chi connectivity index (χ4v) is 1.96. The summed E-state index contributed by atoms with van der Waals surface area (Å²) in [6.07, 6.45) is 0.268. The summed E-state index contributed by atoms with van der Waals surface area (Å²) in [5.74, 6) is -0.0390. The number of oxime groups is 1. The number of amides is 1. The molecule has 0 spiro atoms. The van der Waals surface area contributed by atoms with Gasteiger partial charge >= 0.3 is 0 Å². The fraction of sp³-hybridized carbons (Fsp3) is 0.125. The first-order chi connectivity index (χ1) is 10.1. The van der Waals surface area contributed by atoms with Gasteiger partial charge in [-0.25, -0.2) is 0 Å². The van der Waals surface area contributed by atoms with Gasteiger partial charge in [-0.15, -0.1) is 0 Å². The van der Waals surface area contributed by atoms with E-state index in [1.54, 1.807) is 24.3 Å². The van der Waals surface area contributed by atoms with Crippen LogP contribution in [0.3, 0.4) is 0 Å². The molecule has 2 rings (SSSR count). The SMILES string of the molecule is Cc1cccc(NC(=O)Cc2ccc(C(N)=NO)cc2)c1. The first-order valence-corrected chi connectivity index (χ1v) is 6.52. The maximum absolute atomic E-state index is 12.0. The van der Waals surface area contributed by atoms with Crippen LogP contribution in [0.15, 0.2) is 53.7 Å². The molecule has 0 radical (unpaired) electrons. The number of nitrogens with one attached hydrogen (secondary N) is 1. The molecule has 2 aromatic rings. The number of nitrogens with zero attached hydrogens (tertiary/aromatic N) is 1. The van der Waals surface area contributed by atoms with Crippen LogP contribution in [0.4, 0.5) is 5.69 Å². The van der Waals surface area contributed by atoms with Gasteiger partial charge in [-0.2, -0.15) is 0 Å². The Morgan fingerprint density at radius 2 is 1.95 bits per heavy atom. The van der Waals surface area contributed by atoms with Crippen LogP contribution in [-0.2, 0) is 11.2 Å². The third-order valence-corrected chi connectivity index (χ3v) is 3.02. The molecule has 1 amide bonds. The lowest BCUT2D eigenvalue weighted by molar-refractivity contribution is -0.115. The quantitative estimate of drug-likeness (QED) is 0.348. The van der Waals surface area contributed by atoms with E-state index in [2.05, 4.69) is 10.5 Å². The zero-order chi connectivity index (χ0) is 15.2. The third kappa shape index (κ3) is 4.07. The van der Waals surface area contributed by atoms with E-state index in [9.17, 15) is 4.79 Å². The Morgan fingerprint density at radius 1 is 1.24 bits per heavy atom. The summed E-state index contributed by atoms with van der Waals surface area (Å²) in [5.41, 5.74) is 8.83. The van der Waals surface area contributed by atoms with Crippen LogP contribution in [-0.4, -0.2) is 17.0 Å². The van der Waals surface area contributed by atoms with Crippen LogP contribution >= 0.6 is 0 Å². The number of benzene rings is 2. The van der Waals surface area contributed by atoms with Gasteiger partial charge in [0, 0.05) is 11.3 Å². The molecule has 0 unspecified atom stereocenters. The van der Waals surface area contributed by atoms with E-state index >= 15 is 0 Å². The van der Waals surface area contributed by atoms with Crippen molar-refractivity contribution in [1.29, 1.82) is 0 Å². The molecule has 108 valence electrons. The van der Waals surface area contributed by atoms with Gasteiger partial charge in [0.25, 0.3) is 0 Å². The third-order valence-electron chi connectivity index (χ3n) is 3.02. The van der Waals surface area contributed by atoms with Gasteiger partial charge in [0.2, 0.25) is 5.91 Å². The molecule has 0 bridgehead atoms. The number of hydrogen-bond acceptors (Lipinski definition) is 3. The number of carbonyl (C=O) groups is 1. The zero-order valence-electron chi connectivity index (χ0n) is 11.7. The minimum absolute atomic E-state index is 0.0470. The molecule has 2 aromatic carbocycles. The van der Waals surface area contributed by atoms with E-state index in [1.807, 2.05) is 31.2 Å². The zero-order valence-corrected chi connectivity index (χ0v) is 11.7. The first-order valence-electron chi connectivity index (χ1n) is 6.52. The van der Waals surface area contributed by atoms with Crippen molar-refractivity contribution < 1.29 is 10.0 Å². The largest absolute Gasteiger partial charge is 0.409 e. The molecule has 0 fully saturated rings. The molecule has 0 aliphatic carbocycles. The molecule has 5 nitrogen and oxygen atoms in total. The van der Waals surface area contributed by atoms with Crippen LogP contribution in [0.5, 0.6) is 0 Å². The number of carbonyl (C=O) groups excluding carboxylic acids is 1. The topological polar surface area (TPSA) is 87.7 Å². The van der Waals surface area contributed by atoms with Crippen LogP contribution in [0.1, 0.15) is 16.7 Å². The molecule has 0 heterocycles. The number of rotatable bonds is 4. The molecule has 5 heteroatoms. The highest BCUT2D eigenvalue weighted by Crippen LogP contribution is 2.11. The minimum atomic E-state index is -0.0860. The number of hydrogen-bond donors (Lipinski definition) is 3. The van der Waals surface area contributed by atoms with Crippen molar-refractivity contribution in [2.24, 2.45) is 10.9 Å². The Labute approximate surface area is 123 Å². The normalized spacial score (nSPS) is 11.2. The van der Waals surface area contributed by atoms with Crippen LogP contribution in [0.2, 0.25) is 0 Å². The van der Waals surface area contributed by atoms with Crippen molar-refractivity contribution in [2.45, 2.75) is 13.3 Å². The second-order valence-electron chi connectivity index (χ2n) is 4.78. The lowest BCUT2D eigenvalue weighted by Gasteiger charge is -2.06. The second kappa shape index (κ2) is 6.56.